The second-order valence-corrected chi connectivity index (χ2v) is 5.15. The molecule has 1 aromatic heterocycles. The van der Waals surface area contributed by atoms with E-state index in [9.17, 15) is 0 Å². The van der Waals surface area contributed by atoms with E-state index in [1.54, 1.807) is 0 Å². The molecule has 1 aliphatic carbocycles. The summed E-state index contributed by atoms with van der Waals surface area (Å²) in [6, 6.07) is 0. The first-order chi connectivity index (χ1) is 6.05. The first-order valence-electron chi connectivity index (χ1n) is 5.08. The van der Waals surface area contributed by atoms with Crippen LogP contribution in [0.25, 0.3) is 0 Å². The van der Waals surface area contributed by atoms with Crippen molar-refractivity contribution >= 4 is 0 Å². The van der Waals surface area contributed by atoms with Crippen LogP contribution in [0.2, 0.25) is 0 Å². The summed E-state index contributed by atoms with van der Waals surface area (Å²) in [5.74, 6) is 0.932. The van der Waals surface area contributed by atoms with Crippen molar-refractivity contribution in [2.45, 2.75) is 45.6 Å². The largest absolute Gasteiger partial charge is 0.337 e. The van der Waals surface area contributed by atoms with Gasteiger partial charge in [-0.05, 0) is 18.8 Å². The van der Waals surface area contributed by atoms with Crippen LogP contribution in [0.4, 0.5) is 0 Å². The first-order valence-corrected chi connectivity index (χ1v) is 5.08. The molecule has 0 atom stereocenters. The van der Waals surface area contributed by atoms with E-state index in [4.69, 9.17) is 0 Å². The third kappa shape index (κ3) is 2.11. The summed E-state index contributed by atoms with van der Waals surface area (Å²) in [6.07, 6.45) is 6.98. The maximum atomic E-state index is 4.43. The molecule has 0 amide bonds. The maximum Gasteiger partial charge on any atom is 0.0949 e. The molecule has 0 bridgehead atoms. The molecule has 1 aliphatic rings. The molecule has 0 N–H and O–H groups in total. The van der Waals surface area contributed by atoms with Crippen molar-refractivity contribution in [1.29, 1.82) is 0 Å². The van der Waals surface area contributed by atoms with Gasteiger partial charge in [-0.25, -0.2) is 4.98 Å². The Balaban J connectivity index is 2.08. The summed E-state index contributed by atoms with van der Waals surface area (Å²) in [5, 5.41) is 0. The standard InChI is InChI=1S/C11H18N2/c1-11(2,3)10-7-13(8-12-10)6-9-4-5-9/h7-9H,4-6H2,1-3H3. The van der Waals surface area contributed by atoms with E-state index in [1.807, 2.05) is 6.33 Å². The van der Waals surface area contributed by atoms with Crippen LogP contribution in [-0.4, -0.2) is 9.55 Å². The van der Waals surface area contributed by atoms with Crippen LogP contribution in [0.5, 0.6) is 0 Å². The Hall–Kier alpha value is -0.790. The van der Waals surface area contributed by atoms with Crippen molar-refractivity contribution in [3.05, 3.63) is 18.2 Å². The van der Waals surface area contributed by atoms with Gasteiger partial charge in [0.1, 0.15) is 0 Å². The number of hydrogen-bond donors (Lipinski definition) is 0. The topological polar surface area (TPSA) is 17.8 Å². The maximum absolute atomic E-state index is 4.43. The smallest absolute Gasteiger partial charge is 0.0949 e. The average molecular weight is 178 g/mol. The lowest BCUT2D eigenvalue weighted by atomic mass is 9.93. The zero-order valence-electron chi connectivity index (χ0n) is 8.75. The number of hydrogen-bond acceptors (Lipinski definition) is 1. The van der Waals surface area contributed by atoms with Gasteiger partial charge in [-0.15, -0.1) is 0 Å². The van der Waals surface area contributed by atoms with E-state index in [0.717, 1.165) is 5.92 Å². The van der Waals surface area contributed by atoms with Crippen molar-refractivity contribution in [2.24, 2.45) is 5.92 Å². The Morgan fingerprint density at radius 1 is 1.46 bits per heavy atom. The van der Waals surface area contributed by atoms with Gasteiger partial charge in [-0.1, -0.05) is 20.8 Å². The molecule has 0 spiro atoms. The Kier molecular flexibility index (Phi) is 1.94. The number of nitrogens with zero attached hydrogens (tertiary/aromatic N) is 2. The summed E-state index contributed by atoms with van der Waals surface area (Å²) in [4.78, 5) is 4.43. The van der Waals surface area contributed by atoms with Gasteiger partial charge >= 0.3 is 0 Å². The highest BCUT2D eigenvalue weighted by atomic mass is 15.0. The molecular weight excluding hydrogens is 160 g/mol. The third-order valence-corrected chi connectivity index (χ3v) is 2.57. The molecule has 1 saturated carbocycles. The summed E-state index contributed by atoms with van der Waals surface area (Å²) < 4.78 is 2.23. The van der Waals surface area contributed by atoms with E-state index in [-0.39, 0.29) is 5.41 Å². The zero-order chi connectivity index (χ0) is 9.47. The van der Waals surface area contributed by atoms with Gasteiger partial charge < -0.3 is 4.57 Å². The van der Waals surface area contributed by atoms with Crippen molar-refractivity contribution in [3.8, 4) is 0 Å². The van der Waals surface area contributed by atoms with Gasteiger partial charge in [0.2, 0.25) is 0 Å². The molecule has 2 nitrogen and oxygen atoms in total. The zero-order valence-corrected chi connectivity index (χ0v) is 8.75. The lowest BCUT2D eigenvalue weighted by Gasteiger charge is -2.14. The van der Waals surface area contributed by atoms with Crippen LogP contribution in [0.1, 0.15) is 39.3 Å². The molecular formula is C11H18N2. The van der Waals surface area contributed by atoms with Gasteiger partial charge in [-0.2, -0.15) is 0 Å². The Bertz CT molecular complexity index is 289. The minimum Gasteiger partial charge on any atom is -0.337 e. The molecule has 0 unspecified atom stereocenters. The molecule has 0 aromatic carbocycles. The quantitative estimate of drug-likeness (QED) is 0.680. The van der Waals surface area contributed by atoms with Crippen LogP contribution >= 0.6 is 0 Å². The molecule has 0 saturated heterocycles. The fraction of sp³-hybridized carbons (Fsp3) is 0.727. The highest BCUT2D eigenvalue weighted by Crippen LogP contribution is 2.31. The molecule has 0 aliphatic heterocycles. The SMILES string of the molecule is CC(C)(C)c1cn(CC2CC2)cn1. The minimum atomic E-state index is 0.189. The number of imidazole rings is 1. The monoisotopic (exact) mass is 178 g/mol. The summed E-state index contributed by atoms with van der Waals surface area (Å²) in [6.45, 7) is 7.79. The Labute approximate surface area is 80.0 Å². The van der Waals surface area contributed by atoms with E-state index < -0.39 is 0 Å². The van der Waals surface area contributed by atoms with Gasteiger partial charge in [0.15, 0.2) is 0 Å². The summed E-state index contributed by atoms with van der Waals surface area (Å²) in [5.41, 5.74) is 1.39. The van der Waals surface area contributed by atoms with Crippen LogP contribution in [-0.2, 0) is 12.0 Å². The van der Waals surface area contributed by atoms with E-state index in [0.29, 0.717) is 0 Å². The van der Waals surface area contributed by atoms with Gasteiger partial charge in [-0.3, -0.25) is 0 Å². The second kappa shape index (κ2) is 2.86. The predicted octanol–water partition coefficient (Wildman–Crippen LogP) is 2.59. The van der Waals surface area contributed by atoms with Crippen molar-refractivity contribution in [1.82, 2.24) is 9.55 Å². The molecule has 72 valence electrons. The van der Waals surface area contributed by atoms with Crippen LogP contribution in [0.15, 0.2) is 12.5 Å². The lowest BCUT2D eigenvalue weighted by molar-refractivity contribution is 0.568. The molecule has 2 rings (SSSR count). The summed E-state index contributed by atoms with van der Waals surface area (Å²) in [7, 11) is 0. The highest BCUT2D eigenvalue weighted by Gasteiger charge is 2.23. The van der Waals surface area contributed by atoms with Crippen LogP contribution < -0.4 is 0 Å². The Morgan fingerprint density at radius 3 is 2.62 bits per heavy atom. The van der Waals surface area contributed by atoms with Gasteiger partial charge in [0.25, 0.3) is 0 Å². The molecule has 1 fully saturated rings. The minimum absolute atomic E-state index is 0.189. The number of aromatic nitrogens is 2. The molecule has 1 aromatic rings. The number of rotatable bonds is 2. The molecule has 1 heterocycles. The normalized spacial score (nSPS) is 17.8. The van der Waals surface area contributed by atoms with Crippen molar-refractivity contribution < 1.29 is 0 Å². The van der Waals surface area contributed by atoms with Gasteiger partial charge in [0.05, 0.1) is 12.0 Å². The molecule has 0 radical (unpaired) electrons. The Morgan fingerprint density at radius 2 is 2.15 bits per heavy atom. The van der Waals surface area contributed by atoms with Gasteiger partial charge in [0, 0.05) is 18.2 Å². The third-order valence-electron chi connectivity index (χ3n) is 2.57. The van der Waals surface area contributed by atoms with E-state index in [1.165, 1.54) is 25.1 Å². The first kappa shape index (κ1) is 8.79. The van der Waals surface area contributed by atoms with Crippen molar-refractivity contribution in [2.75, 3.05) is 0 Å². The average Bonchev–Trinajstić information content (AvgIpc) is 2.63. The van der Waals surface area contributed by atoms with E-state index >= 15 is 0 Å². The van der Waals surface area contributed by atoms with Crippen molar-refractivity contribution in [3.63, 3.8) is 0 Å². The van der Waals surface area contributed by atoms with Crippen LogP contribution in [0.3, 0.4) is 0 Å². The summed E-state index contributed by atoms with van der Waals surface area (Å²) >= 11 is 0. The van der Waals surface area contributed by atoms with E-state index in [2.05, 4.69) is 36.5 Å². The fourth-order valence-electron chi connectivity index (χ4n) is 1.45. The second-order valence-electron chi connectivity index (χ2n) is 5.15. The molecule has 13 heavy (non-hydrogen) atoms. The molecule has 2 heteroatoms. The predicted molar refractivity (Wildman–Crippen MR) is 53.7 cm³/mol. The highest BCUT2D eigenvalue weighted by molar-refractivity contribution is 5.09. The van der Waals surface area contributed by atoms with Crippen LogP contribution in [0, 0.1) is 5.92 Å². The fourth-order valence-corrected chi connectivity index (χ4v) is 1.45. The lowest BCUT2D eigenvalue weighted by Crippen LogP contribution is -2.11.